The van der Waals surface area contributed by atoms with E-state index in [1.165, 1.54) is 36.7 Å². The molecule has 10 heteroatoms. The fourth-order valence-corrected chi connectivity index (χ4v) is 3.29. The lowest BCUT2D eigenvalue weighted by molar-refractivity contribution is -0.117. The van der Waals surface area contributed by atoms with Crippen LogP contribution in [0.1, 0.15) is 34.7 Å². The van der Waals surface area contributed by atoms with E-state index in [2.05, 4.69) is 15.3 Å². The molecule has 2 aromatic rings. The quantitative estimate of drug-likeness (QED) is 0.675. The van der Waals surface area contributed by atoms with Gasteiger partial charge in [-0.2, -0.15) is 0 Å². The molecular formula is C19H20F2N4O4. The van der Waals surface area contributed by atoms with Gasteiger partial charge in [0.05, 0.1) is 5.92 Å². The highest BCUT2D eigenvalue weighted by Crippen LogP contribution is 2.39. The van der Waals surface area contributed by atoms with Gasteiger partial charge < -0.3 is 20.3 Å². The van der Waals surface area contributed by atoms with Crippen molar-refractivity contribution in [2.24, 2.45) is 0 Å². The van der Waals surface area contributed by atoms with Gasteiger partial charge in [0.1, 0.15) is 11.4 Å². The third kappa shape index (κ3) is 5.02. The number of amides is 1. The Kier molecular flexibility index (Phi) is 6.02. The Morgan fingerprint density at radius 3 is 2.83 bits per heavy atom. The molecule has 1 fully saturated rings. The number of rotatable bonds is 6. The van der Waals surface area contributed by atoms with Crippen LogP contribution in [0.3, 0.4) is 0 Å². The molecule has 1 saturated heterocycles. The number of anilines is 1. The average molecular weight is 406 g/mol. The average Bonchev–Trinajstić information content (AvgIpc) is 2.68. The molecule has 0 aliphatic carbocycles. The molecule has 0 saturated carbocycles. The Hall–Kier alpha value is -3.14. The zero-order valence-corrected chi connectivity index (χ0v) is 15.4. The standard InChI is InChI=1S/C19H20F2N4O4/c20-19(21)6-9-25(11-14(19)12-3-4-15(26)23-10-12)8-5-16(27)24-17-13(18(28)29)2-1-7-22-17/h1-4,7,10,14H,5-6,8-9,11H2,(H,23,26)(H,28,29)(H,22,24,27)/t14-/m1/s1. The Labute approximate surface area is 164 Å². The molecule has 0 radical (unpaired) electrons. The molecule has 1 aliphatic rings. The number of carbonyl (C=O) groups is 2. The van der Waals surface area contributed by atoms with Crippen molar-refractivity contribution in [3.63, 3.8) is 0 Å². The molecule has 1 amide bonds. The van der Waals surface area contributed by atoms with E-state index in [0.717, 1.165) is 0 Å². The highest BCUT2D eigenvalue weighted by Gasteiger charge is 2.44. The van der Waals surface area contributed by atoms with Gasteiger partial charge in [0.25, 0.3) is 5.92 Å². The number of aromatic nitrogens is 2. The Bertz CT molecular complexity index is 943. The number of pyridine rings is 2. The van der Waals surface area contributed by atoms with Gasteiger partial charge in [0.15, 0.2) is 0 Å². The first-order chi connectivity index (χ1) is 13.8. The summed E-state index contributed by atoms with van der Waals surface area (Å²) < 4.78 is 28.7. The maximum absolute atomic E-state index is 14.4. The number of likely N-dealkylation sites (tertiary alicyclic amines) is 1. The fourth-order valence-electron chi connectivity index (χ4n) is 3.29. The lowest BCUT2D eigenvalue weighted by Crippen LogP contribution is -2.46. The molecule has 3 N–H and O–H groups in total. The number of nitrogens with one attached hydrogen (secondary N) is 2. The summed E-state index contributed by atoms with van der Waals surface area (Å²) in [6.07, 6.45) is 2.30. The second kappa shape index (κ2) is 8.48. The number of aromatic carboxylic acids is 1. The van der Waals surface area contributed by atoms with Crippen LogP contribution in [0.25, 0.3) is 0 Å². The van der Waals surface area contributed by atoms with Crippen molar-refractivity contribution in [2.75, 3.05) is 25.0 Å². The van der Waals surface area contributed by atoms with Crippen molar-refractivity contribution in [1.29, 1.82) is 0 Å². The van der Waals surface area contributed by atoms with Crippen LogP contribution in [-0.4, -0.2) is 57.4 Å². The van der Waals surface area contributed by atoms with Crippen LogP contribution >= 0.6 is 0 Å². The largest absolute Gasteiger partial charge is 0.478 e. The zero-order chi connectivity index (χ0) is 21.0. The second-order valence-corrected chi connectivity index (χ2v) is 6.85. The van der Waals surface area contributed by atoms with Crippen molar-refractivity contribution >= 4 is 17.7 Å². The van der Waals surface area contributed by atoms with Gasteiger partial charge in [-0.25, -0.2) is 18.6 Å². The Morgan fingerprint density at radius 2 is 2.14 bits per heavy atom. The number of piperidine rings is 1. The molecule has 154 valence electrons. The van der Waals surface area contributed by atoms with Crippen molar-refractivity contribution in [2.45, 2.75) is 24.7 Å². The first-order valence-corrected chi connectivity index (χ1v) is 9.03. The lowest BCUT2D eigenvalue weighted by atomic mass is 9.88. The van der Waals surface area contributed by atoms with E-state index in [-0.39, 0.29) is 49.4 Å². The molecule has 0 aromatic carbocycles. The Morgan fingerprint density at radius 1 is 1.34 bits per heavy atom. The van der Waals surface area contributed by atoms with Gasteiger partial charge >= 0.3 is 5.97 Å². The molecule has 3 heterocycles. The van der Waals surface area contributed by atoms with Crippen LogP contribution in [0.4, 0.5) is 14.6 Å². The number of carboxylic acids is 1. The van der Waals surface area contributed by atoms with Crippen LogP contribution in [0.15, 0.2) is 41.5 Å². The summed E-state index contributed by atoms with van der Waals surface area (Å²) in [7, 11) is 0. The molecule has 8 nitrogen and oxygen atoms in total. The maximum atomic E-state index is 14.4. The second-order valence-electron chi connectivity index (χ2n) is 6.85. The minimum atomic E-state index is -2.92. The van der Waals surface area contributed by atoms with E-state index in [1.54, 1.807) is 4.90 Å². The van der Waals surface area contributed by atoms with Crippen LogP contribution in [0.5, 0.6) is 0 Å². The maximum Gasteiger partial charge on any atom is 0.339 e. The number of hydrogen-bond donors (Lipinski definition) is 3. The van der Waals surface area contributed by atoms with E-state index in [1.807, 2.05) is 0 Å². The van der Waals surface area contributed by atoms with Gasteiger partial charge in [-0.05, 0) is 17.7 Å². The van der Waals surface area contributed by atoms with Crippen LogP contribution in [0, 0.1) is 0 Å². The SMILES string of the molecule is O=C(CCN1CCC(F)(F)[C@@H](c2ccc(=O)[nH]c2)C1)Nc1ncccc1C(=O)O. The smallest absolute Gasteiger partial charge is 0.339 e. The van der Waals surface area contributed by atoms with E-state index in [0.29, 0.717) is 5.56 Å². The number of hydrogen-bond acceptors (Lipinski definition) is 5. The van der Waals surface area contributed by atoms with Crippen LogP contribution in [-0.2, 0) is 4.79 Å². The summed E-state index contributed by atoms with van der Waals surface area (Å²) in [5, 5.41) is 11.6. The summed E-state index contributed by atoms with van der Waals surface area (Å²) in [6, 6.07) is 5.38. The summed E-state index contributed by atoms with van der Waals surface area (Å²) in [5.41, 5.74) is -0.156. The number of aromatic amines is 1. The third-order valence-corrected chi connectivity index (χ3v) is 4.87. The van der Waals surface area contributed by atoms with E-state index >= 15 is 0 Å². The molecule has 0 bridgehead atoms. The van der Waals surface area contributed by atoms with Crippen LogP contribution in [0.2, 0.25) is 0 Å². The van der Waals surface area contributed by atoms with Crippen LogP contribution < -0.4 is 10.9 Å². The van der Waals surface area contributed by atoms with Gasteiger partial charge in [0, 0.05) is 50.9 Å². The van der Waals surface area contributed by atoms with Gasteiger partial charge in [0.2, 0.25) is 11.5 Å². The van der Waals surface area contributed by atoms with E-state index < -0.39 is 23.7 Å². The van der Waals surface area contributed by atoms with Crippen molar-refractivity contribution in [1.82, 2.24) is 14.9 Å². The number of halogens is 2. The molecule has 2 aromatic heterocycles. The highest BCUT2D eigenvalue weighted by atomic mass is 19.3. The highest BCUT2D eigenvalue weighted by molar-refractivity contribution is 5.99. The van der Waals surface area contributed by atoms with Gasteiger partial charge in [-0.3, -0.25) is 9.59 Å². The van der Waals surface area contributed by atoms with Crippen molar-refractivity contribution in [3.8, 4) is 0 Å². The molecule has 1 aliphatic heterocycles. The predicted octanol–water partition coefficient (Wildman–Crippen LogP) is 1.92. The predicted molar refractivity (Wildman–Crippen MR) is 100 cm³/mol. The first kappa shape index (κ1) is 20.6. The first-order valence-electron chi connectivity index (χ1n) is 9.03. The monoisotopic (exact) mass is 406 g/mol. The molecule has 29 heavy (non-hydrogen) atoms. The number of carbonyl (C=O) groups excluding carboxylic acids is 1. The fraction of sp³-hybridized carbons (Fsp3) is 0.368. The topological polar surface area (TPSA) is 115 Å². The zero-order valence-electron chi connectivity index (χ0n) is 15.4. The van der Waals surface area contributed by atoms with Crippen molar-refractivity contribution < 1.29 is 23.5 Å². The van der Waals surface area contributed by atoms with E-state index in [4.69, 9.17) is 5.11 Å². The van der Waals surface area contributed by atoms with Crippen molar-refractivity contribution in [3.05, 3.63) is 58.1 Å². The molecular weight excluding hydrogens is 386 g/mol. The molecule has 0 unspecified atom stereocenters. The third-order valence-electron chi connectivity index (χ3n) is 4.87. The minimum Gasteiger partial charge on any atom is -0.478 e. The number of H-pyrrole nitrogens is 1. The lowest BCUT2D eigenvalue weighted by Gasteiger charge is -2.38. The van der Waals surface area contributed by atoms with Gasteiger partial charge in [-0.1, -0.05) is 6.07 Å². The number of alkyl halides is 2. The number of carboxylic acid groups (broad SMARTS) is 1. The van der Waals surface area contributed by atoms with Gasteiger partial charge in [-0.15, -0.1) is 0 Å². The normalized spacial score (nSPS) is 18.9. The molecule has 1 atom stereocenters. The summed E-state index contributed by atoms with van der Waals surface area (Å²) >= 11 is 0. The Balaban J connectivity index is 1.61. The summed E-state index contributed by atoms with van der Waals surface area (Å²) in [4.78, 5) is 42.6. The molecule has 0 spiro atoms. The summed E-state index contributed by atoms with van der Waals surface area (Å²) in [5.74, 6) is -5.73. The minimum absolute atomic E-state index is 0.000449. The number of nitrogens with zero attached hydrogens (tertiary/aromatic N) is 2. The summed E-state index contributed by atoms with van der Waals surface area (Å²) in [6.45, 7) is 0.400. The van der Waals surface area contributed by atoms with E-state index in [9.17, 15) is 23.2 Å². The molecule has 3 rings (SSSR count).